The molecule has 2 aromatic rings. The lowest BCUT2D eigenvalue weighted by Crippen LogP contribution is -2.10. The maximum Gasteiger partial charge on any atom is 0.277 e. The predicted molar refractivity (Wildman–Crippen MR) is 60.9 cm³/mol. The van der Waals surface area contributed by atoms with Crippen molar-refractivity contribution < 1.29 is 4.42 Å². The number of thioether (sulfide) groups is 1. The smallest absolute Gasteiger partial charge is 0.277 e. The second-order valence-electron chi connectivity index (χ2n) is 3.18. The van der Waals surface area contributed by atoms with Crippen LogP contribution in [0.15, 0.2) is 34.0 Å². The molecule has 2 heterocycles. The van der Waals surface area contributed by atoms with E-state index in [-0.39, 0.29) is 5.25 Å². The first kappa shape index (κ1) is 11.1. The van der Waals surface area contributed by atoms with Crippen LogP contribution in [0.1, 0.15) is 16.8 Å². The van der Waals surface area contributed by atoms with Crippen LogP contribution in [0, 0.1) is 6.92 Å². The highest BCUT2D eigenvalue weighted by molar-refractivity contribution is 7.99. The van der Waals surface area contributed by atoms with Crippen molar-refractivity contribution in [1.29, 1.82) is 0 Å². The predicted octanol–water partition coefficient (Wildman–Crippen LogP) is 1.57. The van der Waals surface area contributed by atoms with Gasteiger partial charge >= 0.3 is 0 Å². The zero-order chi connectivity index (χ0) is 11.4. The second-order valence-corrected chi connectivity index (χ2v) is 4.34. The summed E-state index contributed by atoms with van der Waals surface area (Å²) in [5.41, 5.74) is 6.63. The molecule has 2 rings (SSSR count). The molecule has 2 aromatic heterocycles. The van der Waals surface area contributed by atoms with Gasteiger partial charge in [0.05, 0.1) is 10.9 Å². The Hall–Kier alpha value is -1.40. The summed E-state index contributed by atoms with van der Waals surface area (Å²) in [6, 6.07) is 5.75. The first-order valence-electron chi connectivity index (χ1n) is 4.87. The molecule has 0 fully saturated rings. The number of rotatable bonds is 4. The molecule has 0 spiro atoms. The van der Waals surface area contributed by atoms with Gasteiger partial charge in [-0.1, -0.05) is 17.8 Å². The summed E-state index contributed by atoms with van der Waals surface area (Å²) in [5, 5.41) is 8.26. The van der Waals surface area contributed by atoms with Crippen LogP contribution < -0.4 is 5.73 Å². The van der Waals surface area contributed by atoms with E-state index < -0.39 is 0 Å². The van der Waals surface area contributed by atoms with Crippen molar-refractivity contribution in [3.8, 4) is 0 Å². The summed E-state index contributed by atoms with van der Waals surface area (Å²) in [6.07, 6.45) is 1.75. The summed E-state index contributed by atoms with van der Waals surface area (Å²) in [5.74, 6) is 0.555. The van der Waals surface area contributed by atoms with Gasteiger partial charge in [-0.25, -0.2) is 0 Å². The van der Waals surface area contributed by atoms with Gasteiger partial charge in [-0.15, -0.1) is 10.2 Å². The Balaban J connectivity index is 2.12. The topological polar surface area (TPSA) is 77.8 Å². The van der Waals surface area contributed by atoms with Crippen molar-refractivity contribution in [2.45, 2.75) is 17.4 Å². The molecule has 5 nitrogen and oxygen atoms in total. The van der Waals surface area contributed by atoms with Gasteiger partial charge in [-0.2, -0.15) is 0 Å². The van der Waals surface area contributed by atoms with Gasteiger partial charge in [-0.3, -0.25) is 4.98 Å². The van der Waals surface area contributed by atoms with E-state index in [1.165, 1.54) is 11.8 Å². The molecule has 0 aliphatic heterocycles. The Bertz CT molecular complexity index is 445. The van der Waals surface area contributed by atoms with E-state index in [0.717, 1.165) is 5.69 Å². The Morgan fingerprint density at radius 1 is 1.44 bits per heavy atom. The van der Waals surface area contributed by atoms with Gasteiger partial charge in [0.1, 0.15) is 0 Å². The van der Waals surface area contributed by atoms with Crippen LogP contribution in [0.25, 0.3) is 0 Å². The lowest BCUT2D eigenvalue weighted by Gasteiger charge is -2.10. The number of pyridine rings is 1. The molecule has 16 heavy (non-hydrogen) atoms. The lowest BCUT2D eigenvalue weighted by atomic mass is 10.3. The van der Waals surface area contributed by atoms with Gasteiger partial charge in [0.25, 0.3) is 5.22 Å². The number of hydrogen-bond acceptors (Lipinski definition) is 6. The number of hydrogen-bond donors (Lipinski definition) is 1. The first-order valence-corrected chi connectivity index (χ1v) is 5.75. The minimum atomic E-state index is 0.0426. The molecule has 1 unspecified atom stereocenters. The van der Waals surface area contributed by atoms with Gasteiger partial charge in [-0.05, 0) is 12.1 Å². The van der Waals surface area contributed by atoms with Crippen LogP contribution in [0.5, 0.6) is 0 Å². The molecule has 0 bridgehead atoms. The molecule has 0 saturated carbocycles. The molecule has 0 aromatic carbocycles. The van der Waals surface area contributed by atoms with Gasteiger partial charge in [0.15, 0.2) is 0 Å². The maximum atomic E-state index is 5.71. The van der Waals surface area contributed by atoms with E-state index in [1.54, 1.807) is 13.1 Å². The number of nitrogens with zero attached hydrogens (tertiary/aromatic N) is 3. The third-order valence-corrected chi connectivity index (χ3v) is 3.07. The lowest BCUT2D eigenvalue weighted by molar-refractivity contribution is 0.428. The number of aryl methyl sites for hydroxylation is 1. The van der Waals surface area contributed by atoms with Gasteiger partial charge in [0.2, 0.25) is 5.89 Å². The van der Waals surface area contributed by atoms with Crippen LogP contribution in [0.4, 0.5) is 0 Å². The van der Waals surface area contributed by atoms with Crippen molar-refractivity contribution in [3.05, 3.63) is 36.0 Å². The van der Waals surface area contributed by atoms with Crippen molar-refractivity contribution in [2.75, 3.05) is 6.54 Å². The van der Waals surface area contributed by atoms with Crippen molar-refractivity contribution in [3.63, 3.8) is 0 Å². The fourth-order valence-electron chi connectivity index (χ4n) is 1.24. The van der Waals surface area contributed by atoms with Crippen molar-refractivity contribution in [2.24, 2.45) is 5.73 Å². The minimum Gasteiger partial charge on any atom is -0.416 e. The molecular weight excluding hydrogens is 224 g/mol. The summed E-state index contributed by atoms with van der Waals surface area (Å²) in [6.45, 7) is 2.23. The van der Waals surface area contributed by atoms with Gasteiger partial charge < -0.3 is 10.2 Å². The average molecular weight is 236 g/mol. The van der Waals surface area contributed by atoms with Gasteiger partial charge in [0, 0.05) is 19.7 Å². The summed E-state index contributed by atoms with van der Waals surface area (Å²) >= 11 is 1.43. The van der Waals surface area contributed by atoms with Crippen LogP contribution in [0.2, 0.25) is 0 Å². The Morgan fingerprint density at radius 2 is 2.31 bits per heavy atom. The Kier molecular flexibility index (Phi) is 3.53. The third-order valence-electron chi connectivity index (χ3n) is 1.98. The van der Waals surface area contributed by atoms with Crippen LogP contribution >= 0.6 is 11.8 Å². The normalized spacial score (nSPS) is 12.6. The Morgan fingerprint density at radius 3 is 2.88 bits per heavy atom. The van der Waals surface area contributed by atoms with Crippen molar-refractivity contribution in [1.82, 2.24) is 15.2 Å². The first-order chi connectivity index (χ1) is 7.79. The molecule has 0 radical (unpaired) electrons. The minimum absolute atomic E-state index is 0.0426. The molecule has 6 heteroatoms. The molecule has 84 valence electrons. The van der Waals surface area contributed by atoms with E-state index >= 15 is 0 Å². The van der Waals surface area contributed by atoms with E-state index in [1.807, 2.05) is 18.2 Å². The zero-order valence-electron chi connectivity index (χ0n) is 8.83. The van der Waals surface area contributed by atoms with E-state index in [0.29, 0.717) is 17.7 Å². The highest BCUT2D eigenvalue weighted by atomic mass is 32.2. The fourth-order valence-corrected chi connectivity index (χ4v) is 2.10. The third kappa shape index (κ3) is 2.59. The zero-order valence-corrected chi connectivity index (χ0v) is 9.65. The molecule has 0 saturated heterocycles. The molecule has 0 aliphatic carbocycles. The summed E-state index contributed by atoms with van der Waals surface area (Å²) in [4.78, 5) is 4.26. The average Bonchev–Trinajstić information content (AvgIpc) is 2.73. The summed E-state index contributed by atoms with van der Waals surface area (Å²) in [7, 11) is 0. The van der Waals surface area contributed by atoms with E-state index in [4.69, 9.17) is 10.2 Å². The second kappa shape index (κ2) is 5.09. The molecular formula is C10H12N4OS. The van der Waals surface area contributed by atoms with Crippen LogP contribution in [-0.4, -0.2) is 21.7 Å². The molecule has 1 atom stereocenters. The monoisotopic (exact) mass is 236 g/mol. The summed E-state index contributed by atoms with van der Waals surface area (Å²) < 4.78 is 5.29. The van der Waals surface area contributed by atoms with Crippen molar-refractivity contribution >= 4 is 11.8 Å². The Labute approximate surface area is 97.5 Å². The highest BCUT2D eigenvalue weighted by Gasteiger charge is 2.16. The molecule has 0 aliphatic rings. The van der Waals surface area contributed by atoms with Crippen LogP contribution in [0.3, 0.4) is 0 Å². The fraction of sp³-hybridized carbons (Fsp3) is 0.300. The maximum absolute atomic E-state index is 5.71. The molecule has 0 amide bonds. The standard InChI is InChI=1S/C10H12N4OS/c1-7-13-14-10(15-7)16-9(6-11)8-4-2-3-5-12-8/h2-5,9H,6,11H2,1H3. The SMILES string of the molecule is Cc1nnc(SC(CN)c2ccccn2)o1. The van der Waals surface area contributed by atoms with E-state index in [2.05, 4.69) is 15.2 Å². The quantitative estimate of drug-likeness (QED) is 0.812. The van der Waals surface area contributed by atoms with E-state index in [9.17, 15) is 0 Å². The highest BCUT2D eigenvalue weighted by Crippen LogP contribution is 2.32. The number of aromatic nitrogens is 3. The molecule has 2 N–H and O–H groups in total. The number of nitrogens with two attached hydrogens (primary N) is 1. The van der Waals surface area contributed by atoms with Crippen LogP contribution in [-0.2, 0) is 0 Å². The largest absolute Gasteiger partial charge is 0.416 e.